The zero-order valence-electron chi connectivity index (χ0n) is 15.7. The number of aliphatic hydroxyl groups excluding tert-OH is 1. The van der Waals surface area contributed by atoms with Gasteiger partial charge in [0.05, 0.1) is 4.90 Å². The Morgan fingerprint density at radius 1 is 1.50 bits per heavy atom. The van der Waals surface area contributed by atoms with E-state index in [0.717, 1.165) is 16.0 Å². The number of aliphatic hydroxyl groups is 1. The molecule has 0 spiro atoms. The summed E-state index contributed by atoms with van der Waals surface area (Å²) in [5.41, 5.74) is 1.70. The summed E-state index contributed by atoms with van der Waals surface area (Å²) in [5, 5.41) is 12.5. The van der Waals surface area contributed by atoms with Gasteiger partial charge in [-0.05, 0) is 46.4 Å². The van der Waals surface area contributed by atoms with Gasteiger partial charge in [-0.2, -0.15) is 0 Å². The lowest BCUT2D eigenvalue weighted by Gasteiger charge is -2.23. The number of carbonyl (C=O) groups is 1. The van der Waals surface area contributed by atoms with E-state index in [4.69, 9.17) is 20.8 Å². The van der Waals surface area contributed by atoms with E-state index in [1.807, 2.05) is 13.2 Å². The molecular weight excluding hydrogens is 376 g/mol. The molecule has 0 aromatic carbocycles. The van der Waals surface area contributed by atoms with Crippen LogP contribution in [0.5, 0.6) is 0 Å². The van der Waals surface area contributed by atoms with Crippen molar-refractivity contribution >= 4 is 40.6 Å². The van der Waals surface area contributed by atoms with Gasteiger partial charge in [-0.1, -0.05) is 11.6 Å². The fourth-order valence-corrected chi connectivity index (χ4v) is 3.40. The lowest BCUT2D eigenvalue weighted by atomic mass is 10.1. The summed E-state index contributed by atoms with van der Waals surface area (Å²) < 4.78 is 11.3. The highest BCUT2D eigenvalue weighted by Gasteiger charge is 2.23. The highest BCUT2D eigenvalue weighted by molar-refractivity contribution is 7.98. The zero-order valence-corrected chi connectivity index (χ0v) is 17.3. The van der Waals surface area contributed by atoms with Crippen LogP contribution in [-0.4, -0.2) is 40.7 Å². The molecule has 2 aromatic heterocycles. The van der Waals surface area contributed by atoms with Crippen molar-refractivity contribution in [1.29, 1.82) is 0 Å². The number of nitrogens with zero attached hydrogens (tertiary/aromatic N) is 1. The Morgan fingerprint density at radius 2 is 2.19 bits per heavy atom. The first-order valence-electron chi connectivity index (χ1n) is 8.37. The largest absolute Gasteiger partial charge is 0.458 e. The molecule has 0 bridgehead atoms. The molecule has 0 saturated carbocycles. The number of nitrogens with one attached hydrogen (secondary N) is 1. The van der Waals surface area contributed by atoms with E-state index in [9.17, 15) is 9.90 Å². The first-order valence-corrected chi connectivity index (χ1v) is 9.97. The van der Waals surface area contributed by atoms with E-state index >= 15 is 0 Å². The van der Waals surface area contributed by atoms with Crippen LogP contribution >= 0.6 is 23.4 Å². The molecule has 1 amide bonds. The summed E-state index contributed by atoms with van der Waals surface area (Å²) in [6, 6.07) is 1.45. The van der Waals surface area contributed by atoms with Gasteiger partial charge < -0.3 is 19.6 Å². The van der Waals surface area contributed by atoms with Gasteiger partial charge in [0.25, 0.3) is 0 Å². The number of fused-ring (bicyclic) bond motifs is 1. The maximum absolute atomic E-state index is 12.1. The minimum Gasteiger partial charge on any atom is -0.458 e. The number of hydrogen-bond acceptors (Lipinski definition) is 6. The number of aryl methyl sites for hydroxylation is 1. The van der Waals surface area contributed by atoms with Gasteiger partial charge >= 0.3 is 6.09 Å². The Bertz CT molecular complexity index is 786. The summed E-state index contributed by atoms with van der Waals surface area (Å²) >= 11 is 7.63. The third kappa shape index (κ3) is 5.28. The number of rotatable bonds is 6. The molecule has 0 radical (unpaired) electrons. The molecule has 6 nitrogen and oxygen atoms in total. The number of amides is 1. The van der Waals surface area contributed by atoms with E-state index in [-0.39, 0.29) is 12.6 Å². The van der Waals surface area contributed by atoms with Gasteiger partial charge in [-0.15, -0.1) is 11.8 Å². The quantitative estimate of drug-likeness (QED) is 0.554. The number of halogens is 1. The summed E-state index contributed by atoms with van der Waals surface area (Å²) in [6.07, 6.45) is 2.24. The molecule has 8 heteroatoms. The molecule has 26 heavy (non-hydrogen) atoms. The molecule has 1 unspecified atom stereocenters. The van der Waals surface area contributed by atoms with Crippen LogP contribution in [0.15, 0.2) is 15.4 Å². The molecule has 0 aliphatic rings. The van der Waals surface area contributed by atoms with Crippen molar-refractivity contribution in [2.45, 2.75) is 57.1 Å². The fraction of sp³-hybridized carbons (Fsp3) is 0.556. The third-order valence-electron chi connectivity index (χ3n) is 3.76. The highest BCUT2D eigenvalue weighted by atomic mass is 35.5. The van der Waals surface area contributed by atoms with Crippen LogP contribution in [-0.2, 0) is 11.2 Å². The van der Waals surface area contributed by atoms with E-state index < -0.39 is 11.7 Å². The predicted octanol–water partition coefficient (Wildman–Crippen LogP) is 4.33. The smallest absolute Gasteiger partial charge is 0.407 e. The van der Waals surface area contributed by atoms with Crippen molar-refractivity contribution in [3.63, 3.8) is 0 Å². The first-order chi connectivity index (χ1) is 12.1. The van der Waals surface area contributed by atoms with Crippen LogP contribution in [0.1, 0.15) is 38.5 Å². The van der Waals surface area contributed by atoms with Gasteiger partial charge in [0.1, 0.15) is 22.0 Å². The van der Waals surface area contributed by atoms with Gasteiger partial charge in [0.2, 0.25) is 0 Å². The van der Waals surface area contributed by atoms with Crippen molar-refractivity contribution in [3.8, 4) is 0 Å². The van der Waals surface area contributed by atoms with Crippen molar-refractivity contribution in [2.75, 3.05) is 12.9 Å². The highest BCUT2D eigenvalue weighted by Crippen LogP contribution is 2.33. The SMILES string of the molecule is CSc1cc(Cl)nc2c(C)c(CC(CCO)NC(=O)OC(C)(C)C)oc12. The average Bonchev–Trinajstić information content (AvgIpc) is 2.81. The van der Waals surface area contributed by atoms with Crippen LogP contribution in [0.3, 0.4) is 0 Å². The summed E-state index contributed by atoms with van der Waals surface area (Å²) in [5.74, 6) is 0.708. The topological polar surface area (TPSA) is 84.6 Å². The van der Waals surface area contributed by atoms with Crippen molar-refractivity contribution in [2.24, 2.45) is 0 Å². The molecule has 2 rings (SSSR count). The monoisotopic (exact) mass is 400 g/mol. The number of carbonyl (C=O) groups excluding carboxylic acids is 1. The van der Waals surface area contributed by atoms with E-state index in [1.54, 1.807) is 26.8 Å². The maximum atomic E-state index is 12.1. The average molecular weight is 401 g/mol. The molecule has 0 aliphatic carbocycles. The molecule has 144 valence electrons. The summed E-state index contributed by atoms with van der Waals surface area (Å²) in [7, 11) is 0. The fourth-order valence-electron chi connectivity index (χ4n) is 2.59. The van der Waals surface area contributed by atoms with E-state index in [1.165, 1.54) is 11.8 Å². The van der Waals surface area contributed by atoms with Gasteiger partial charge in [-0.3, -0.25) is 0 Å². The Hall–Kier alpha value is -1.44. The number of furan rings is 1. The van der Waals surface area contributed by atoms with Gasteiger partial charge in [0, 0.05) is 24.6 Å². The number of thioether (sulfide) groups is 1. The molecular formula is C18H25ClN2O4S. The lowest BCUT2D eigenvalue weighted by molar-refractivity contribution is 0.0496. The molecule has 2 heterocycles. The number of hydrogen-bond donors (Lipinski definition) is 2. The van der Waals surface area contributed by atoms with Crippen LogP contribution < -0.4 is 5.32 Å². The normalized spacial score (nSPS) is 13.0. The molecule has 0 saturated heterocycles. The second-order valence-corrected chi connectivity index (χ2v) is 8.27. The lowest BCUT2D eigenvalue weighted by Crippen LogP contribution is -2.40. The molecule has 2 N–H and O–H groups in total. The van der Waals surface area contributed by atoms with Crippen LogP contribution in [0.25, 0.3) is 11.1 Å². The molecule has 1 atom stereocenters. The van der Waals surface area contributed by atoms with Crippen LogP contribution in [0.4, 0.5) is 4.79 Å². The molecule has 0 aliphatic heterocycles. The number of aromatic nitrogens is 1. The van der Waals surface area contributed by atoms with Gasteiger partial charge in [-0.25, -0.2) is 9.78 Å². The minimum atomic E-state index is -0.586. The van der Waals surface area contributed by atoms with Crippen molar-refractivity contribution in [1.82, 2.24) is 10.3 Å². The van der Waals surface area contributed by atoms with Crippen molar-refractivity contribution < 1.29 is 19.1 Å². The third-order valence-corrected chi connectivity index (χ3v) is 4.69. The van der Waals surface area contributed by atoms with E-state index in [2.05, 4.69) is 10.3 Å². The summed E-state index contributed by atoms with van der Waals surface area (Å²) in [6.45, 7) is 7.26. The predicted molar refractivity (Wildman–Crippen MR) is 104 cm³/mol. The Kier molecular flexibility index (Phi) is 6.82. The maximum Gasteiger partial charge on any atom is 0.407 e. The van der Waals surface area contributed by atoms with Crippen molar-refractivity contribution in [3.05, 3.63) is 22.5 Å². The molecule has 0 fully saturated rings. The molecule has 2 aromatic rings. The standard InChI is InChI=1S/C18H25ClN2O4S/c1-10-12(24-16-13(26-5)9-14(19)21-15(10)16)8-11(6-7-22)20-17(23)25-18(2,3)4/h9,11,22H,6-8H2,1-5H3,(H,20,23). The van der Waals surface area contributed by atoms with Gasteiger partial charge in [0.15, 0.2) is 5.58 Å². The Balaban J connectivity index is 2.25. The van der Waals surface area contributed by atoms with Crippen LogP contribution in [0, 0.1) is 6.92 Å². The van der Waals surface area contributed by atoms with E-state index in [0.29, 0.717) is 29.3 Å². The first kappa shape index (κ1) is 20.9. The zero-order chi connectivity index (χ0) is 19.5. The second-order valence-electron chi connectivity index (χ2n) is 7.03. The second kappa shape index (κ2) is 8.50. The number of alkyl carbamates (subject to hydrolysis) is 1. The minimum absolute atomic E-state index is 0.0557. The number of ether oxygens (including phenoxy) is 1. The Morgan fingerprint density at radius 3 is 2.77 bits per heavy atom. The van der Waals surface area contributed by atoms with Crippen LogP contribution in [0.2, 0.25) is 5.15 Å². The number of pyridine rings is 1. The Labute approximate surface area is 162 Å². The summed E-state index contributed by atoms with van der Waals surface area (Å²) in [4.78, 5) is 17.3.